The number of halogens is 4. The average Bonchev–Trinajstić information content (AvgIpc) is 2.79. The molecule has 4 N–H and O–H groups in total. The third kappa shape index (κ3) is 9.38. The number of carbonyl (C=O) groups excluding carboxylic acids is 1. The molecule has 178 valence electrons. The van der Waals surface area contributed by atoms with Crippen LogP contribution in [-0.2, 0) is 6.18 Å². The largest absolute Gasteiger partial charge is 0.418 e. The van der Waals surface area contributed by atoms with Gasteiger partial charge in [-0.3, -0.25) is 9.79 Å². The molecule has 0 aliphatic heterocycles. The lowest BCUT2D eigenvalue weighted by Gasteiger charge is -2.09. The summed E-state index contributed by atoms with van der Waals surface area (Å²) in [6.45, 7) is 3.65. The Morgan fingerprint density at radius 3 is 2.61 bits per heavy atom. The number of rotatable bonds is 6. The Morgan fingerprint density at radius 2 is 2.06 bits per heavy atom. The number of alkyl halides is 3. The van der Waals surface area contributed by atoms with Crippen molar-refractivity contribution >= 4 is 34.6 Å². The fourth-order valence-electron chi connectivity index (χ4n) is 2.28. The third-order valence-corrected chi connectivity index (χ3v) is 4.16. The van der Waals surface area contributed by atoms with Crippen LogP contribution in [0.3, 0.4) is 0 Å². The fourth-order valence-corrected chi connectivity index (χ4v) is 2.54. The lowest BCUT2D eigenvalue weighted by molar-refractivity contribution is -0.137. The quantitative estimate of drug-likeness (QED) is 0.249. The number of aliphatic hydroxyl groups is 1. The van der Waals surface area contributed by atoms with Gasteiger partial charge in [-0.2, -0.15) is 18.3 Å². The fraction of sp³-hybridized carbons (Fsp3) is 0.286. The van der Waals surface area contributed by atoms with Gasteiger partial charge >= 0.3 is 6.18 Å². The molecule has 12 heteroatoms. The van der Waals surface area contributed by atoms with Gasteiger partial charge in [-0.25, -0.2) is 4.99 Å². The summed E-state index contributed by atoms with van der Waals surface area (Å²) in [5, 5.41) is 18.3. The lowest BCUT2D eigenvalue weighted by Crippen LogP contribution is -2.08. The van der Waals surface area contributed by atoms with Crippen LogP contribution in [-0.4, -0.2) is 52.3 Å². The number of nitrogens with one attached hydrogen (secondary N) is 1. The smallest absolute Gasteiger partial charge is 0.405 e. The van der Waals surface area contributed by atoms with Crippen LogP contribution in [0.2, 0.25) is 0 Å². The Balaban J connectivity index is 0.000000383. The maximum atomic E-state index is 11.9. The molecule has 0 saturated heterocycles. The predicted molar refractivity (Wildman–Crippen MR) is 123 cm³/mol. The van der Waals surface area contributed by atoms with Crippen LogP contribution in [0.4, 0.5) is 18.9 Å². The number of aryl methyl sites for hydroxylation is 1. The summed E-state index contributed by atoms with van der Waals surface area (Å²) < 4.78 is 35.8. The first kappa shape index (κ1) is 27.7. The first-order valence-corrected chi connectivity index (χ1v) is 9.88. The molecule has 1 aromatic carbocycles. The molecular formula is C21H24ClF3N6O2. The van der Waals surface area contributed by atoms with Crippen molar-refractivity contribution in [1.82, 2.24) is 10.2 Å². The SMILES string of the molecule is CNc1ccc(C)c(C(/C=C/N)=N/C(Cl)=N[C@H](C)CO)c1.O=Cc1cc(C(F)(F)F)cnn1. The molecule has 0 radical (unpaired) electrons. The second-order valence-electron chi connectivity index (χ2n) is 6.55. The summed E-state index contributed by atoms with van der Waals surface area (Å²) in [5.41, 5.74) is 7.73. The van der Waals surface area contributed by atoms with Gasteiger partial charge in [0.05, 0.1) is 30.1 Å². The molecule has 1 aromatic heterocycles. The number of nitrogens with two attached hydrogens (primary N) is 1. The summed E-state index contributed by atoms with van der Waals surface area (Å²) in [7, 11) is 1.85. The standard InChI is InChI=1S/C15H21ClN4O.C6H3F3N2O/c1-10-4-5-12(18-3)8-13(10)14(6-7-17)20-15(16)19-11(2)9-21;7-6(8,9)4-1-5(3-12)11-10-2-4/h4-8,11,18,21H,9,17H2,1-3H3;1-3H/b7-6+,19-15?,20-14+;/t11-;/m1./s1. The number of aldehydes is 1. The highest BCUT2D eigenvalue weighted by molar-refractivity contribution is 6.66. The molecule has 1 atom stereocenters. The number of allylic oxidation sites excluding steroid dienone is 1. The molecule has 0 aliphatic carbocycles. The normalized spacial score (nSPS) is 13.3. The second-order valence-corrected chi connectivity index (χ2v) is 6.89. The molecule has 0 bridgehead atoms. The van der Waals surface area contributed by atoms with Crippen molar-refractivity contribution in [3.8, 4) is 0 Å². The zero-order valence-corrected chi connectivity index (χ0v) is 18.9. The van der Waals surface area contributed by atoms with E-state index >= 15 is 0 Å². The van der Waals surface area contributed by atoms with E-state index in [1.54, 1.807) is 13.0 Å². The monoisotopic (exact) mass is 484 g/mol. The van der Waals surface area contributed by atoms with E-state index in [1.165, 1.54) is 6.20 Å². The van der Waals surface area contributed by atoms with E-state index in [-0.39, 0.29) is 29.9 Å². The average molecular weight is 485 g/mol. The van der Waals surface area contributed by atoms with Gasteiger partial charge in [-0.15, -0.1) is 5.10 Å². The summed E-state index contributed by atoms with van der Waals surface area (Å²) in [5.74, 6) is 0. The highest BCUT2D eigenvalue weighted by Crippen LogP contribution is 2.28. The molecule has 0 aliphatic rings. The van der Waals surface area contributed by atoms with Gasteiger partial charge in [-0.05, 0) is 61.5 Å². The van der Waals surface area contributed by atoms with E-state index in [0.717, 1.165) is 16.8 Å². The number of hydrogen-bond acceptors (Lipinski definition) is 7. The number of hydrogen-bond donors (Lipinski definition) is 3. The Hall–Kier alpha value is -3.31. The molecule has 2 rings (SSSR count). The van der Waals surface area contributed by atoms with Crippen LogP contribution in [0, 0.1) is 6.92 Å². The summed E-state index contributed by atoms with van der Waals surface area (Å²) >= 11 is 6.02. The van der Waals surface area contributed by atoms with Crippen molar-refractivity contribution in [1.29, 1.82) is 0 Å². The maximum Gasteiger partial charge on any atom is 0.418 e. The number of amidine groups is 1. The number of nitrogens with zero attached hydrogens (tertiary/aromatic N) is 4. The van der Waals surface area contributed by atoms with E-state index in [9.17, 15) is 18.0 Å². The van der Waals surface area contributed by atoms with Gasteiger partial charge in [0.25, 0.3) is 0 Å². The Morgan fingerprint density at radius 1 is 1.36 bits per heavy atom. The number of anilines is 1. The highest BCUT2D eigenvalue weighted by Gasteiger charge is 2.31. The van der Waals surface area contributed by atoms with E-state index in [0.29, 0.717) is 18.0 Å². The minimum absolute atomic E-state index is 0.0813. The van der Waals surface area contributed by atoms with E-state index in [1.807, 2.05) is 32.2 Å². The molecule has 0 spiro atoms. The number of benzene rings is 1. The van der Waals surface area contributed by atoms with Crippen LogP contribution in [0.15, 0.2) is 52.7 Å². The summed E-state index contributed by atoms with van der Waals surface area (Å²) in [6.07, 6.45) is -0.629. The Labute approximate surface area is 194 Å². The first-order chi connectivity index (χ1) is 15.5. The van der Waals surface area contributed by atoms with Crippen molar-refractivity contribution < 1.29 is 23.1 Å². The summed E-state index contributed by atoms with van der Waals surface area (Å²) in [4.78, 5) is 18.4. The number of aliphatic imine (C=N–C) groups is 2. The van der Waals surface area contributed by atoms with Gasteiger partial charge in [0.2, 0.25) is 5.29 Å². The Kier molecular flexibility index (Phi) is 11.2. The highest BCUT2D eigenvalue weighted by atomic mass is 35.5. The lowest BCUT2D eigenvalue weighted by atomic mass is 10.0. The topological polar surface area (TPSA) is 126 Å². The number of carbonyl (C=O) groups is 1. The van der Waals surface area contributed by atoms with Gasteiger partial charge in [0.15, 0.2) is 6.29 Å². The molecule has 2 aromatic rings. The molecule has 0 fully saturated rings. The molecule has 0 unspecified atom stereocenters. The van der Waals surface area contributed by atoms with Gasteiger partial charge in [0, 0.05) is 18.3 Å². The van der Waals surface area contributed by atoms with E-state index in [4.69, 9.17) is 22.4 Å². The molecule has 8 nitrogen and oxygen atoms in total. The van der Waals surface area contributed by atoms with Crippen LogP contribution >= 0.6 is 11.6 Å². The van der Waals surface area contributed by atoms with Crippen molar-refractivity contribution in [3.05, 3.63) is 65.1 Å². The van der Waals surface area contributed by atoms with Crippen molar-refractivity contribution in [2.45, 2.75) is 26.1 Å². The first-order valence-electron chi connectivity index (χ1n) is 9.50. The second kappa shape index (κ2) is 13.3. The number of aliphatic hydroxyl groups excluding tert-OH is 1. The minimum Gasteiger partial charge on any atom is -0.405 e. The minimum atomic E-state index is -4.48. The van der Waals surface area contributed by atoms with Crippen LogP contribution in [0.25, 0.3) is 0 Å². The maximum absolute atomic E-state index is 11.9. The molecule has 0 saturated carbocycles. The number of aromatic nitrogens is 2. The Bertz CT molecular complexity index is 1030. The third-order valence-electron chi connectivity index (χ3n) is 3.98. The molecule has 33 heavy (non-hydrogen) atoms. The molecule has 0 amide bonds. The zero-order chi connectivity index (χ0) is 25.0. The zero-order valence-electron chi connectivity index (χ0n) is 18.1. The van der Waals surface area contributed by atoms with Crippen molar-refractivity contribution in [3.63, 3.8) is 0 Å². The predicted octanol–water partition coefficient (Wildman–Crippen LogP) is 3.58. The van der Waals surface area contributed by atoms with Crippen molar-refractivity contribution in [2.75, 3.05) is 19.0 Å². The van der Waals surface area contributed by atoms with E-state index < -0.39 is 11.7 Å². The van der Waals surface area contributed by atoms with Crippen LogP contribution < -0.4 is 11.1 Å². The molecular weight excluding hydrogens is 461 g/mol. The van der Waals surface area contributed by atoms with Crippen LogP contribution in [0.5, 0.6) is 0 Å². The van der Waals surface area contributed by atoms with Gasteiger partial charge in [-0.1, -0.05) is 6.07 Å². The van der Waals surface area contributed by atoms with Crippen molar-refractivity contribution in [2.24, 2.45) is 15.7 Å². The van der Waals surface area contributed by atoms with Crippen LogP contribution in [0.1, 0.15) is 34.1 Å². The van der Waals surface area contributed by atoms with E-state index in [2.05, 4.69) is 25.5 Å². The van der Waals surface area contributed by atoms with Gasteiger partial charge < -0.3 is 16.2 Å². The van der Waals surface area contributed by atoms with Gasteiger partial charge in [0.1, 0.15) is 5.69 Å². The summed E-state index contributed by atoms with van der Waals surface area (Å²) in [6, 6.07) is 6.27. The molecule has 1 heterocycles.